The standard InChI is InChI=1S/C13H18N2O3/c14-5-6-17-9-13(16)15-8-11-7-10-3-1-2-4-12(10)18-11/h1-4,11H,5-9,14H2,(H,15,16). The van der Waals surface area contributed by atoms with Crippen LogP contribution in [0.5, 0.6) is 5.75 Å². The monoisotopic (exact) mass is 250 g/mol. The van der Waals surface area contributed by atoms with Crippen molar-refractivity contribution in [2.45, 2.75) is 12.5 Å². The summed E-state index contributed by atoms with van der Waals surface area (Å²) in [5, 5.41) is 2.79. The molecule has 0 saturated carbocycles. The Morgan fingerprint density at radius 3 is 3.11 bits per heavy atom. The number of hydrogen-bond acceptors (Lipinski definition) is 4. The van der Waals surface area contributed by atoms with Crippen LogP contribution in [-0.2, 0) is 16.0 Å². The number of nitrogens with one attached hydrogen (secondary N) is 1. The predicted octanol–water partition coefficient (Wildman–Crippen LogP) is 0.0816. The van der Waals surface area contributed by atoms with Gasteiger partial charge in [-0.15, -0.1) is 0 Å². The highest BCUT2D eigenvalue weighted by Gasteiger charge is 2.22. The molecule has 5 nitrogen and oxygen atoms in total. The molecule has 0 bridgehead atoms. The highest BCUT2D eigenvalue weighted by molar-refractivity contribution is 5.77. The fourth-order valence-corrected chi connectivity index (χ4v) is 1.89. The first-order valence-corrected chi connectivity index (χ1v) is 6.08. The third kappa shape index (κ3) is 3.45. The van der Waals surface area contributed by atoms with Crippen LogP contribution < -0.4 is 15.8 Å². The number of amides is 1. The summed E-state index contributed by atoms with van der Waals surface area (Å²) < 4.78 is 10.8. The van der Waals surface area contributed by atoms with Gasteiger partial charge in [-0.2, -0.15) is 0 Å². The quantitative estimate of drug-likeness (QED) is 0.701. The lowest BCUT2D eigenvalue weighted by Crippen LogP contribution is -2.36. The lowest BCUT2D eigenvalue weighted by Gasteiger charge is -2.11. The van der Waals surface area contributed by atoms with Crippen molar-refractivity contribution in [3.63, 3.8) is 0 Å². The summed E-state index contributed by atoms with van der Waals surface area (Å²) >= 11 is 0. The molecule has 0 saturated heterocycles. The van der Waals surface area contributed by atoms with Gasteiger partial charge in [0.05, 0.1) is 13.2 Å². The van der Waals surface area contributed by atoms with Crippen LogP contribution in [0.1, 0.15) is 5.56 Å². The van der Waals surface area contributed by atoms with Crippen LogP contribution in [0.15, 0.2) is 24.3 Å². The van der Waals surface area contributed by atoms with Gasteiger partial charge in [0.1, 0.15) is 18.5 Å². The van der Waals surface area contributed by atoms with Gasteiger partial charge in [-0.1, -0.05) is 18.2 Å². The summed E-state index contributed by atoms with van der Waals surface area (Å²) in [4.78, 5) is 11.4. The van der Waals surface area contributed by atoms with Crippen LogP contribution >= 0.6 is 0 Å². The highest BCUT2D eigenvalue weighted by atomic mass is 16.5. The van der Waals surface area contributed by atoms with E-state index in [-0.39, 0.29) is 18.6 Å². The third-order valence-corrected chi connectivity index (χ3v) is 2.74. The molecule has 1 heterocycles. The van der Waals surface area contributed by atoms with Crippen LogP contribution in [0.25, 0.3) is 0 Å². The summed E-state index contributed by atoms with van der Waals surface area (Å²) in [5.41, 5.74) is 6.45. The molecule has 0 aliphatic carbocycles. The summed E-state index contributed by atoms with van der Waals surface area (Å²) in [6.07, 6.45) is 0.848. The molecule has 0 radical (unpaired) electrons. The number of hydrogen-bond donors (Lipinski definition) is 2. The molecular weight excluding hydrogens is 232 g/mol. The molecule has 0 fully saturated rings. The van der Waals surface area contributed by atoms with Gasteiger partial charge in [0.25, 0.3) is 0 Å². The molecule has 0 spiro atoms. The van der Waals surface area contributed by atoms with E-state index in [2.05, 4.69) is 5.32 Å². The Labute approximate surface area is 106 Å². The molecule has 1 aliphatic heterocycles. The SMILES string of the molecule is NCCOCC(=O)NCC1Cc2ccccc2O1. The van der Waals surface area contributed by atoms with Crippen LogP contribution in [0.4, 0.5) is 0 Å². The zero-order valence-electron chi connectivity index (χ0n) is 10.2. The number of carbonyl (C=O) groups is 1. The molecule has 5 heteroatoms. The maximum Gasteiger partial charge on any atom is 0.246 e. The van der Waals surface area contributed by atoms with Crippen LogP contribution in [-0.4, -0.2) is 38.3 Å². The Balaban J connectivity index is 1.69. The smallest absolute Gasteiger partial charge is 0.246 e. The van der Waals surface area contributed by atoms with Crippen molar-refractivity contribution in [3.05, 3.63) is 29.8 Å². The van der Waals surface area contributed by atoms with Crippen molar-refractivity contribution in [1.82, 2.24) is 5.32 Å². The summed E-state index contributed by atoms with van der Waals surface area (Å²) in [6, 6.07) is 7.92. The van der Waals surface area contributed by atoms with Crippen molar-refractivity contribution >= 4 is 5.91 Å². The molecule has 0 aromatic heterocycles. The number of fused-ring (bicyclic) bond motifs is 1. The first-order chi connectivity index (χ1) is 8.79. The molecule has 1 aliphatic rings. The van der Waals surface area contributed by atoms with E-state index in [9.17, 15) is 4.79 Å². The Bertz CT molecular complexity index is 384. The number of nitrogens with two attached hydrogens (primary N) is 1. The fraction of sp³-hybridized carbons (Fsp3) is 0.462. The van der Waals surface area contributed by atoms with Gasteiger partial charge in [0.15, 0.2) is 0 Å². The zero-order chi connectivity index (χ0) is 12.8. The van der Waals surface area contributed by atoms with Crippen molar-refractivity contribution in [2.24, 2.45) is 5.73 Å². The van der Waals surface area contributed by atoms with Crippen LogP contribution in [0, 0.1) is 0 Å². The molecule has 18 heavy (non-hydrogen) atoms. The second-order valence-electron chi connectivity index (χ2n) is 4.20. The Hall–Kier alpha value is -1.59. The Kier molecular flexibility index (Phi) is 4.55. The zero-order valence-corrected chi connectivity index (χ0v) is 10.2. The van der Waals surface area contributed by atoms with Gasteiger partial charge in [-0.05, 0) is 11.6 Å². The minimum absolute atomic E-state index is 0.0147. The maximum atomic E-state index is 11.4. The van der Waals surface area contributed by atoms with E-state index in [0.717, 1.165) is 12.2 Å². The molecular formula is C13H18N2O3. The van der Waals surface area contributed by atoms with Crippen molar-refractivity contribution in [3.8, 4) is 5.75 Å². The minimum Gasteiger partial charge on any atom is -0.488 e. The largest absolute Gasteiger partial charge is 0.488 e. The summed E-state index contributed by atoms with van der Waals surface area (Å²) in [6.45, 7) is 1.38. The van der Waals surface area contributed by atoms with Crippen LogP contribution in [0.3, 0.4) is 0 Å². The van der Waals surface area contributed by atoms with E-state index in [1.54, 1.807) is 0 Å². The molecule has 98 valence electrons. The lowest BCUT2D eigenvalue weighted by atomic mass is 10.1. The lowest BCUT2D eigenvalue weighted by molar-refractivity contribution is -0.125. The van der Waals surface area contributed by atoms with Crippen molar-refractivity contribution in [2.75, 3.05) is 26.3 Å². The Morgan fingerprint density at radius 1 is 1.50 bits per heavy atom. The molecule has 1 aromatic rings. The average Bonchev–Trinajstić information content (AvgIpc) is 2.79. The van der Waals surface area contributed by atoms with E-state index in [0.29, 0.717) is 19.7 Å². The van der Waals surface area contributed by atoms with Crippen LogP contribution in [0.2, 0.25) is 0 Å². The van der Waals surface area contributed by atoms with Gasteiger partial charge < -0.3 is 20.5 Å². The van der Waals surface area contributed by atoms with Gasteiger partial charge in [-0.3, -0.25) is 4.79 Å². The summed E-state index contributed by atoms with van der Waals surface area (Å²) in [5.74, 6) is 0.777. The van der Waals surface area contributed by atoms with Gasteiger partial charge in [0.2, 0.25) is 5.91 Å². The van der Waals surface area contributed by atoms with Gasteiger partial charge >= 0.3 is 0 Å². The molecule has 1 atom stereocenters. The fourth-order valence-electron chi connectivity index (χ4n) is 1.89. The van der Waals surface area contributed by atoms with E-state index in [1.807, 2.05) is 24.3 Å². The third-order valence-electron chi connectivity index (χ3n) is 2.74. The van der Waals surface area contributed by atoms with Crippen molar-refractivity contribution < 1.29 is 14.3 Å². The van der Waals surface area contributed by atoms with E-state index < -0.39 is 0 Å². The number of carbonyl (C=O) groups excluding carboxylic acids is 1. The van der Waals surface area contributed by atoms with E-state index in [1.165, 1.54) is 5.56 Å². The second-order valence-corrected chi connectivity index (χ2v) is 4.20. The van der Waals surface area contributed by atoms with E-state index >= 15 is 0 Å². The summed E-state index contributed by atoms with van der Waals surface area (Å²) in [7, 11) is 0. The maximum absolute atomic E-state index is 11.4. The highest BCUT2D eigenvalue weighted by Crippen LogP contribution is 2.27. The number of para-hydroxylation sites is 1. The molecule has 1 unspecified atom stereocenters. The second kappa shape index (κ2) is 6.37. The topological polar surface area (TPSA) is 73.6 Å². The first-order valence-electron chi connectivity index (χ1n) is 6.08. The number of benzene rings is 1. The van der Waals surface area contributed by atoms with E-state index in [4.69, 9.17) is 15.2 Å². The Morgan fingerprint density at radius 2 is 2.33 bits per heavy atom. The average molecular weight is 250 g/mol. The number of ether oxygens (including phenoxy) is 2. The first kappa shape index (κ1) is 12.9. The normalized spacial score (nSPS) is 17.1. The van der Waals surface area contributed by atoms with Gasteiger partial charge in [0, 0.05) is 13.0 Å². The predicted molar refractivity (Wildman–Crippen MR) is 67.4 cm³/mol. The number of rotatable bonds is 6. The van der Waals surface area contributed by atoms with Crippen molar-refractivity contribution in [1.29, 1.82) is 0 Å². The molecule has 3 N–H and O–H groups in total. The van der Waals surface area contributed by atoms with Gasteiger partial charge in [-0.25, -0.2) is 0 Å². The molecule has 2 rings (SSSR count). The molecule has 1 aromatic carbocycles. The molecule has 1 amide bonds. The minimum atomic E-state index is -0.136.